The van der Waals surface area contributed by atoms with E-state index in [1.54, 1.807) is 0 Å². The third-order valence-electron chi connectivity index (χ3n) is 3.76. The fourth-order valence-electron chi connectivity index (χ4n) is 2.62. The van der Waals surface area contributed by atoms with Gasteiger partial charge >= 0.3 is 0 Å². The zero-order valence-corrected chi connectivity index (χ0v) is 11.0. The summed E-state index contributed by atoms with van der Waals surface area (Å²) in [5, 5.41) is 1.06. The lowest BCUT2D eigenvalue weighted by Gasteiger charge is -2.24. The Kier molecular flexibility index (Phi) is 3.70. The van der Waals surface area contributed by atoms with Gasteiger partial charge in [-0.3, -0.25) is 4.79 Å². The lowest BCUT2D eigenvalue weighted by molar-refractivity contribution is -0.133. The lowest BCUT2D eigenvalue weighted by Crippen LogP contribution is -2.36. The molecule has 0 aromatic carbocycles. The largest absolute Gasteiger partial charge is 0.339 e. The molecule has 0 radical (unpaired) electrons. The first-order chi connectivity index (χ1) is 7.24. The molecule has 0 spiro atoms. The Hall–Kier alpha value is -0.0500. The average molecular weight is 274 g/mol. The smallest absolute Gasteiger partial charge is 0.226 e. The van der Waals surface area contributed by atoms with Crippen molar-refractivity contribution in [1.29, 1.82) is 0 Å². The number of rotatable bonds is 4. The van der Waals surface area contributed by atoms with E-state index in [9.17, 15) is 4.79 Å². The summed E-state index contributed by atoms with van der Waals surface area (Å²) in [5.41, 5.74) is 0. The Bertz CT molecular complexity index is 244. The molecular formula is C12H20BrNO. The van der Waals surface area contributed by atoms with Crippen LogP contribution in [-0.2, 0) is 4.79 Å². The molecule has 2 aliphatic rings. The van der Waals surface area contributed by atoms with Crippen LogP contribution in [0.15, 0.2) is 0 Å². The number of halogens is 1. The fraction of sp³-hybridized carbons (Fsp3) is 0.917. The molecule has 3 atom stereocenters. The van der Waals surface area contributed by atoms with Crippen molar-refractivity contribution in [3.05, 3.63) is 0 Å². The van der Waals surface area contributed by atoms with E-state index in [0.29, 0.717) is 23.8 Å². The van der Waals surface area contributed by atoms with Crippen molar-refractivity contribution in [2.24, 2.45) is 11.8 Å². The number of alkyl halides is 1. The van der Waals surface area contributed by atoms with Crippen LogP contribution in [0.4, 0.5) is 0 Å². The second kappa shape index (κ2) is 4.86. The van der Waals surface area contributed by atoms with Crippen LogP contribution in [0.3, 0.4) is 0 Å². The van der Waals surface area contributed by atoms with Crippen molar-refractivity contribution < 1.29 is 4.79 Å². The molecule has 3 unspecified atom stereocenters. The van der Waals surface area contributed by atoms with E-state index < -0.39 is 0 Å². The van der Waals surface area contributed by atoms with E-state index in [4.69, 9.17) is 0 Å². The molecule has 2 rings (SSSR count). The summed E-state index contributed by atoms with van der Waals surface area (Å²) >= 11 is 3.46. The summed E-state index contributed by atoms with van der Waals surface area (Å²) in [6, 6.07) is 0.544. The van der Waals surface area contributed by atoms with Gasteiger partial charge in [0, 0.05) is 23.8 Å². The van der Waals surface area contributed by atoms with Gasteiger partial charge in [0.25, 0.3) is 0 Å². The molecule has 1 aliphatic carbocycles. The molecule has 15 heavy (non-hydrogen) atoms. The van der Waals surface area contributed by atoms with Gasteiger partial charge in [-0.2, -0.15) is 0 Å². The molecule has 2 nitrogen and oxygen atoms in total. The fourth-order valence-corrected chi connectivity index (χ4v) is 2.94. The Morgan fingerprint density at radius 1 is 1.53 bits per heavy atom. The highest BCUT2D eigenvalue weighted by Crippen LogP contribution is 2.40. The number of likely N-dealkylation sites (tertiary alicyclic amines) is 1. The third-order valence-corrected chi connectivity index (χ3v) is 4.32. The van der Waals surface area contributed by atoms with E-state index >= 15 is 0 Å². The van der Waals surface area contributed by atoms with Crippen LogP contribution >= 0.6 is 15.9 Å². The first kappa shape index (κ1) is 11.4. The predicted octanol–water partition coefficient (Wildman–Crippen LogP) is 2.81. The normalized spacial score (nSPS) is 34.5. The molecule has 0 N–H and O–H groups in total. The Labute approximate surface area is 101 Å². The first-order valence-electron chi connectivity index (χ1n) is 6.10. The van der Waals surface area contributed by atoms with Crippen LogP contribution in [0.1, 0.15) is 39.0 Å². The quantitative estimate of drug-likeness (QED) is 0.722. The van der Waals surface area contributed by atoms with Gasteiger partial charge in [-0.05, 0) is 38.0 Å². The second-order valence-corrected chi connectivity index (χ2v) is 5.77. The lowest BCUT2D eigenvalue weighted by atomic mass is 10.1. The Balaban J connectivity index is 1.86. The molecule has 0 aromatic rings. The van der Waals surface area contributed by atoms with Crippen LogP contribution in [0.2, 0.25) is 0 Å². The maximum Gasteiger partial charge on any atom is 0.226 e. The standard InChI is InChI=1S/C12H20BrNO/c1-9-8-11(9)12(15)14-7-3-5-10(14)4-2-6-13/h9-11H,2-8H2,1H3. The van der Waals surface area contributed by atoms with Gasteiger partial charge < -0.3 is 4.90 Å². The number of hydrogen-bond acceptors (Lipinski definition) is 1. The molecular weight excluding hydrogens is 254 g/mol. The maximum atomic E-state index is 12.1. The van der Waals surface area contributed by atoms with Crippen molar-refractivity contribution in [1.82, 2.24) is 4.90 Å². The minimum atomic E-state index is 0.370. The molecule has 2 fully saturated rings. The van der Waals surface area contributed by atoms with Gasteiger partial charge in [0.2, 0.25) is 5.91 Å². The van der Waals surface area contributed by atoms with Crippen molar-refractivity contribution in [2.75, 3.05) is 11.9 Å². The SMILES string of the molecule is CC1CC1C(=O)N1CCCC1CCCBr. The molecule has 0 bridgehead atoms. The van der Waals surface area contributed by atoms with Crippen LogP contribution < -0.4 is 0 Å². The van der Waals surface area contributed by atoms with E-state index in [-0.39, 0.29) is 0 Å². The second-order valence-electron chi connectivity index (χ2n) is 4.98. The molecule has 3 heteroatoms. The minimum Gasteiger partial charge on any atom is -0.339 e. The number of nitrogens with zero attached hydrogens (tertiary/aromatic N) is 1. The predicted molar refractivity (Wildman–Crippen MR) is 65.0 cm³/mol. The van der Waals surface area contributed by atoms with Gasteiger partial charge in [0.05, 0.1) is 0 Å². The highest BCUT2D eigenvalue weighted by atomic mass is 79.9. The van der Waals surface area contributed by atoms with E-state index in [1.165, 1.54) is 25.7 Å². The third kappa shape index (κ3) is 2.55. The number of carbonyl (C=O) groups excluding carboxylic acids is 1. The molecule has 1 saturated carbocycles. The highest BCUT2D eigenvalue weighted by Gasteiger charge is 2.43. The van der Waals surface area contributed by atoms with Crippen molar-refractivity contribution >= 4 is 21.8 Å². The van der Waals surface area contributed by atoms with Crippen molar-refractivity contribution in [3.63, 3.8) is 0 Å². The first-order valence-corrected chi connectivity index (χ1v) is 7.22. The van der Waals surface area contributed by atoms with Gasteiger partial charge in [-0.25, -0.2) is 0 Å². The van der Waals surface area contributed by atoms with Crippen LogP contribution in [0.25, 0.3) is 0 Å². The van der Waals surface area contributed by atoms with Crippen molar-refractivity contribution in [3.8, 4) is 0 Å². The van der Waals surface area contributed by atoms with Gasteiger partial charge in [0.1, 0.15) is 0 Å². The van der Waals surface area contributed by atoms with Gasteiger partial charge in [0.15, 0.2) is 0 Å². The molecule has 1 amide bonds. The van der Waals surface area contributed by atoms with E-state index in [1.807, 2.05) is 0 Å². The Morgan fingerprint density at radius 2 is 2.27 bits per heavy atom. The molecule has 1 heterocycles. The summed E-state index contributed by atoms with van der Waals surface area (Å²) in [4.78, 5) is 14.3. The number of amides is 1. The zero-order chi connectivity index (χ0) is 10.8. The summed E-state index contributed by atoms with van der Waals surface area (Å²) in [6.07, 6.45) is 5.92. The summed E-state index contributed by atoms with van der Waals surface area (Å²) in [6.45, 7) is 3.20. The summed E-state index contributed by atoms with van der Waals surface area (Å²) < 4.78 is 0. The number of hydrogen-bond donors (Lipinski definition) is 0. The zero-order valence-electron chi connectivity index (χ0n) is 9.42. The Morgan fingerprint density at radius 3 is 2.87 bits per heavy atom. The topological polar surface area (TPSA) is 20.3 Å². The molecule has 1 saturated heterocycles. The van der Waals surface area contributed by atoms with Crippen LogP contribution in [-0.4, -0.2) is 28.7 Å². The summed E-state index contributed by atoms with van der Waals surface area (Å²) in [7, 11) is 0. The van der Waals surface area contributed by atoms with Crippen molar-refractivity contribution in [2.45, 2.75) is 45.1 Å². The summed E-state index contributed by atoms with van der Waals surface area (Å²) in [5.74, 6) is 1.46. The minimum absolute atomic E-state index is 0.370. The van der Waals surface area contributed by atoms with E-state index in [2.05, 4.69) is 27.8 Å². The monoisotopic (exact) mass is 273 g/mol. The van der Waals surface area contributed by atoms with Crippen LogP contribution in [0, 0.1) is 11.8 Å². The molecule has 1 aliphatic heterocycles. The highest BCUT2D eigenvalue weighted by molar-refractivity contribution is 9.09. The van der Waals surface area contributed by atoms with E-state index in [0.717, 1.165) is 18.3 Å². The van der Waals surface area contributed by atoms with Gasteiger partial charge in [-0.1, -0.05) is 22.9 Å². The molecule has 0 aromatic heterocycles. The van der Waals surface area contributed by atoms with Crippen LogP contribution in [0.5, 0.6) is 0 Å². The number of carbonyl (C=O) groups is 1. The maximum absolute atomic E-state index is 12.1. The molecule has 86 valence electrons. The van der Waals surface area contributed by atoms with Gasteiger partial charge in [-0.15, -0.1) is 0 Å². The average Bonchev–Trinajstić information content (AvgIpc) is 2.80.